The molecule has 0 radical (unpaired) electrons. The van der Waals surface area contributed by atoms with Gasteiger partial charge in [0.15, 0.2) is 17.3 Å². The number of hydrogen-bond acceptors (Lipinski definition) is 4. The van der Waals surface area contributed by atoms with E-state index < -0.39 is 0 Å². The van der Waals surface area contributed by atoms with Crippen LogP contribution in [-0.2, 0) is 4.79 Å². The molecular formula is C17H19IO4. The highest BCUT2D eigenvalue weighted by Crippen LogP contribution is 2.38. The van der Waals surface area contributed by atoms with Crippen LogP contribution in [-0.4, -0.2) is 27.1 Å². The molecule has 1 aliphatic carbocycles. The van der Waals surface area contributed by atoms with Gasteiger partial charge in [-0.05, 0) is 53.1 Å². The largest absolute Gasteiger partial charge is 0.493 e. The van der Waals surface area contributed by atoms with E-state index >= 15 is 0 Å². The molecule has 4 nitrogen and oxygen atoms in total. The molecular weight excluding hydrogens is 395 g/mol. The van der Waals surface area contributed by atoms with Crippen LogP contribution >= 0.6 is 22.6 Å². The van der Waals surface area contributed by atoms with E-state index in [0.29, 0.717) is 17.2 Å². The summed E-state index contributed by atoms with van der Waals surface area (Å²) in [7, 11) is 4.75. The molecule has 0 saturated carbocycles. The lowest BCUT2D eigenvalue weighted by Gasteiger charge is -2.15. The Bertz CT molecular complexity index is 594. The van der Waals surface area contributed by atoms with Crippen LogP contribution in [0.15, 0.2) is 27.9 Å². The fraction of sp³-hybridized carbons (Fsp3) is 0.353. The second kappa shape index (κ2) is 7.67. The number of ketones is 1. The smallest absolute Gasteiger partial charge is 0.203 e. The third kappa shape index (κ3) is 3.63. The van der Waals surface area contributed by atoms with Gasteiger partial charge in [0.05, 0.1) is 24.9 Å². The SMILES string of the molecule is COc1cc(/C=C/C2CCC=C(I)C2=O)cc(OC)c1OC. The topological polar surface area (TPSA) is 44.8 Å². The van der Waals surface area contributed by atoms with Crippen molar-refractivity contribution in [1.82, 2.24) is 0 Å². The van der Waals surface area contributed by atoms with Crippen molar-refractivity contribution in [2.45, 2.75) is 12.8 Å². The van der Waals surface area contributed by atoms with Crippen LogP contribution < -0.4 is 14.2 Å². The van der Waals surface area contributed by atoms with Crippen LogP contribution in [0.3, 0.4) is 0 Å². The summed E-state index contributed by atoms with van der Waals surface area (Å²) in [5.41, 5.74) is 0.909. The number of carbonyl (C=O) groups excluding carboxylic acids is 1. The van der Waals surface area contributed by atoms with Gasteiger partial charge in [-0.15, -0.1) is 0 Å². The fourth-order valence-electron chi connectivity index (χ4n) is 2.41. The summed E-state index contributed by atoms with van der Waals surface area (Å²) in [6.07, 6.45) is 7.67. The number of benzene rings is 1. The quantitative estimate of drug-likeness (QED) is 0.683. The minimum Gasteiger partial charge on any atom is -0.493 e. The molecule has 0 amide bonds. The van der Waals surface area contributed by atoms with Crippen molar-refractivity contribution in [3.05, 3.63) is 33.4 Å². The molecule has 1 aromatic rings. The van der Waals surface area contributed by atoms with Crippen molar-refractivity contribution >= 4 is 34.5 Å². The summed E-state index contributed by atoms with van der Waals surface area (Å²) in [4.78, 5) is 12.1. The molecule has 0 spiro atoms. The van der Waals surface area contributed by atoms with Crippen molar-refractivity contribution in [2.24, 2.45) is 5.92 Å². The van der Waals surface area contributed by atoms with E-state index in [1.54, 1.807) is 21.3 Å². The van der Waals surface area contributed by atoms with E-state index in [9.17, 15) is 4.79 Å². The molecule has 1 unspecified atom stereocenters. The molecule has 0 aromatic heterocycles. The van der Waals surface area contributed by atoms with Gasteiger partial charge in [-0.1, -0.05) is 18.2 Å². The number of hydrogen-bond donors (Lipinski definition) is 0. The van der Waals surface area contributed by atoms with Crippen LogP contribution in [0.2, 0.25) is 0 Å². The highest BCUT2D eigenvalue weighted by molar-refractivity contribution is 14.1. The first-order valence-corrected chi connectivity index (χ1v) is 8.06. The monoisotopic (exact) mass is 414 g/mol. The predicted octanol–water partition coefficient (Wildman–Crippen LogP) is 4.02. The molecule has 5 heteroatoms. The van der Waals surface area contributed by atoms with E-state index in [0.717, 1.165) is 22.0 Å². The van der Waals surface area contributed by atoms with Gasteiger partial charge in [-0.2, -0.15) is 0 Å². The lowest BCUT2D eigenvalue weighted by Crippen LogP contribution is -2.15. The molecule has 1 aliphatic rings. The van der Waals surface area contributed by atoms with E-state index in [1.165, 1.54) is 0 Å². The molecule has 0 saturated heterocycles. The summed E-state index contributed by atoms with van der Waals surface area (Å²) in [5.74, 6) is 1.90. The Morgan fingerprint density at radius 3 is 2.32 bits per heavy atom. The average Bonchev–Trinajstić information content (AvgIpc) is 2.55. The van der Waals surface area contributed by atoms with Crippen LogP contribution in [0.4, 0.5) is 0 Å². The van der Waals surface area contributed by atoms with Crippen LogP contribution in [0, 0.1) is 5.92 Å². The Morgan fingerprint density at radius 2 is 1.77 bits per heavy atom. The zero-order valence-corrected chi connectivity index (χ0v) is 15.0. The minimum atomic E-state index is -0.0593. The highest BCUT2D eigenvalue weighted by atomic mass is 127. The first kappa shape index (κ1) is 16.9. The molecule has 0 heterocycles. The molecule has 1 aromatic carbocycles. The fourth-order valence-corrected chi connectivity index (χ4v) is 3.12. The van der Waals surface area contributed by atoms with Crippen molar-refractivity contribution in [1.29, 1.82) is 0 Å². The Morgan fingerprint density at radius 1 is 1.14 bits per heavy atom. The number of allylic oxidation sites excluding steroid dienone is 3. The van der Waals surface area contributed by atoms with Crippen LogP contribution in [0.5, 0.6) is 17.2 Å². The zero-order valence-electron chi connectivity index (χ0n) is 12.9. The van der Waals surface area contributed by atoms with Gasteiger partial charge in [0.25, 0.3) is 0 Å². The number of carbonyl (C=O) groups is 1. The van der Waals surface area contributed by atoms with Gasteiger partial charge in [-0.25, -0.2) is 0 Å². The second-order valence-corrected chi connectivity index (χ2v) is 6.08. The molecule has 0 aliphatic heterocycles. The van der Waals surface area contributed by atoms with Crippen molar-refractivity contribution < 1.29 is 19.0 Å². The lowest BCUT2D eigenvalue weighted by atomic mass is 9.92. The number of methoxy groups -OCH3 is 3. The minimum absolute atomic E-state index is 0.0593. The Balaban J connectivity index is 2.28. The third-order valence-electron chi connectivity index (χ3n) is 3.58. The van der Waals surface area contributed by atoms with Gasteiger partial charge in [0.2, 0.25) is 5.75 Å². The maximum Gasteiger partial charge on any atom is 0.203 e. The summed E-state index contributed by atoms with van der Waals surface area (Å²) in [5, 5.41) is 0. The first-order chi connectivity index (χ1) is 10.6. The van der Waals surface area contributed by atoms with Gasteiger partial charge in [0.1, 0.15) is 0 Å². The maximum atomic E-state index is 12.1. The lowest BCUT2D eigenvalue weighted by molar-refractivity contribution is -0.117. The van der Waals surface area contributed by atoms with Gasteiger partial charge < -0.3 is 14.2 Å². The number of Topliss-reactive ketones (excluding diaryl/α,β-unsaturated/α-hetero) is 1. The number of rotatable bonds is 5. The normalized spacial score (nSPS) is 18.3. The first-order valence-electron chi connectivity index (χ1n) is 6.98. The van der Waals surface area contributed by atoms with Gasteiger partial charge in [0, 0.05) is 5.92 Å². The maximum absolute atomic E-state index is 12.1. The summed E-state index contributed by atoms with van der Waals surface area (Å²) < 4.78 is 16.8. The Hall–Kier alpha value is -1.50. The number of halogens is 1. The van der Waals surface area contributed by atoms with E-state index in [1.807, 2.05) is 30.4 Å². The Labute approximate surface area is 144 Å². The van der Waals surface area contributed by atoms with Crippen molar-refractivity contribution in [3.63, 3.8) is 0 Å². The van der Waals surface area contributed by atoms with Gasteiger partial charge in [-0.3, -0.25) is 4.79 Å². The molecule has 1 atom stereocenters. The van der Waals surface area contributed by atoms with E-state index in [2.05, 4.69) is 22.6 Å². The zero-order chi connectivity index (χ0) is 16.1. The molecule has 118 valence electrons. The van der Waals surface area contributed by atoms with E-state index in [4.69, 9.17) is 14.2 Å². The van der Waals surface area contributed by atoms with Crippen molar-refractivity contribution in [2.75, 3.05) is 21.3 Å². The Kier molecular flexibility index (Phi) is 5.88. The summed E-state index contributed by atoms with van der Waals surface area (Å²) >= 11 is 2.11. The molecule has 0 N–H and O–H groups in total. The molecule has 22 heavy (non-hydrogen) atoms. The summed E-state index contributed by atoms with van der Waals surface area (Å²) in [6, 6.07) is 3.73. The van der Waals surface area contributed by atoms with E-state index in [-0.39, 0.29) is 11.7 Å². The number of ether oxygens (including phenoxy) is 3. The van der Waals surface area contributed by atoms with Gasteiger partial charge >= 0.3 is 0 Å². The van der Waals surface area contributed by atoms with Crippen LogP contribution in [0.1, 0.15) is 18.4 Å². The highest BCUT2D eigenvalue weighted by Gasteiger charge is 2.21. The molecule has 2 rings (SSSR count). The van der Waals surface area contributed by atoms with Crippen LogP contribution in [0.25, 0.3) is 6.08 Å². The van der Waals surface area contributed by atoms with Crippen molar-refractivity contribution in [3.8, 4) is 17.2 Å². The third-order valence-corrected chi connectivity index (χ3v) is 4.55. The molecule has 0 bridgehead atoms. The average molecular weight is 414 g/mol. The predicted molar refractivity (Wildman–Crippen MR) is 95.0 cm³/mol. The standard InChI is InChI=1S/C17H19IO4/c1-20-14-9-11(10-15(21-2)17(14)22-3)7-8-12-5-4-6-13(18)16(12)19/h6-10,12H,4-5H2,1-3H3/b8-7+. The second-order valence-electron chi connectivity index (χ2n) is 4.92. The molecule has 0 fully saturated rings. The summed E-state index contributed by atoms with van der Waals surface area (Å²) in [6.45, 7) is 0.